The van der Waals surface area contributed by atoms with Crippen LogP contribution in [0.15, 0.2) is 0 Å². The molecule has 19 heavy (non-hydrogen) atoms. The molecule has 0 spiro atoms. The van der Waals surface area contributed by atoms with Crippen LogP contribution in [0, 0.1) is 0 Å². The van der Waals surface area contributed by atoms with Crippen LogP contribution in [0.1, 0.15) is 63.9 Å². The minimum absolute atomic E-state index is 0.506. The molecule has 0 saturated carbocycles. The summed E-state index contributed by atoms with van der Waals surface area (Å²) in [5.41, 5.74) is 1.28. The lowest BCUT2D eigenvalue weighted by Crippen LogP contribution is -2.26. The normalized spacial score (nSPS) is 19.9. The molecule has 0 amide bonds. The van der Waals surface area contributed by atoms with Gasteiger partial charge in [0.2, 0.25) is 0 Å². The lowest BCUT2D eigenvalue weighted by Gasteiger charge is -2.19. The van der Waals surface area contributed by atoms with Crippen LogP contribution in [-0.4, -0.2) is 23.6 Å². The fraction of sp³-hybridized carbons (Fsp3) is 0.800. The third kappa shape index (κ3) is 3.48. The Kier molecular flexibility index (Phi) is 4.85. The molecule has 2 heterocycles. The van der Waals surface area contributed by atoms with E-state index in [2.05, 4.69) is 44.8 Å². The molecule has 108 valence electrons. The highest BCUT2D eigenvalue weighted by atomic mass is 32.1. The first-order valence-electron chi connectivity index (χ1n) is 7.48. The van der Waals surface area contributed by atoms with Crippen LogP contribution < -0.4 is 10.2 Å². The SMILES string of the molecule is CC(C)NCc1sc(N2CCCC2C)nc1C(C)C. The van der Waals surface area contributed by atoms with E-state index in [1.165, 1.54) is 35.1 Å². The molecule has 1 N–H and O–H groups in total. The van der Waals surface area contributed by atoms with Crippen LogP contribution in [0.3, 0.4) is 0 Å². The van der Waals surface area contributed by atoms with Gasteiger partial charge in [-0.15, -0.1) is 11.3 Å². The second kappa shape index (κ2) is 6.23. The number of aromatic nitrogens is 1. The van der Waals surface area contributed by atoms with E-state index in [0.717, 1.165) is 6.54 Å². The van der Waals surface area contributed by atoms with Gasteiger partial charge in [0.05, 0.1) is 5.69 Å². The van der Waals surface area contributed by atoms with Crippen LogP contribution >= 0.6 is 11.3 Å². The van der Waals surface area contributed by atoms with Gasteiger partial charge in [-0.05, 0) is 25.7 Å². The highest BCUT2D eigenvalue weighted by Gasteiger charge is 2.25. The van der Waals surface area contributed by atoms with Crippen LogP contribution in [-0.2, 0) is 6.54 Å². The average Bonchev–Trinajstić information content (AvgIpc) is 2.91. The van der Waals surface area contributed by atoms with Gasteiger partial charge in [-0.25, -0.2) is 4.98 Å². The lowest BCUT2D eigenvalue weighted by atomic mass is 10.1. The Labute approximate surface area is 121 Å². The van der Waals surface area contributed by atoms with Crippen molar-refractivity contribution in [1.82, 2.24) is 10.3 Å². The smallest absolute Gasteiger partial charge is 0.186 e. The number of hydrogen-bond acceptors (Lipinski definition) is 4. The summed E-state index contributed by atoms with van der Waals surface area (Å²) in [6, 6.07) is 1.17. The van der Waals surface area contributed by atoms with E-state index in [0.29, 0.717) is 18.0 Å². The lowest BCUT2D eigenvalue weighted by molar-refractivity contribution is 0.588. The van der Waals surface area contributed by atoms with E-state index in [9.17, 15) is 0 Å². The van der Waals surface area contributed by atoms with Gasteiger partial charge in [-0.1, -0.05) is 27.7 Å². The second-order valence-corrected chi connectivity index (χ2v) is 7.24. The third-order valence-corrected chi connectivity index (χ3v) is 4.84. The molecule has 1 aromatic rings. The molecule has 1 aromatic heterocycles. The molecule has 1 saturated heterocycles. The van der Waals surface area contributed by atoms with Crippen molar-refractivity contribution in [1.29, 1.82) is 0 Å². The Morgan fingerprint density at radius 3 is 2.63 bits per heavy atom. The van der Waals surface area contributed by atoms with Gasteiger partial charge in [-0.3, -0.25) is 0 Å². The molecule has 2 rings (SSSR count). The minimum Gasteiger partial charge on any atom is -0.345 e. The van der Waals surface area contributed by atoms with Gasteiger partial charge < -0.3 is 10.2 Å². The summed E-state index contributed by atoms with van der Waals surface area (Å²) in [6.07, 6.45) is 2.60. The molecule has 1 aliphatic heterocycles. The third-order valence-electron chi connectivity index (χ3n) is 3.73. The zero-order valence-corrected chi connectivity index (χ0v) is 13.7. The minimum atomic E-state index is 0.506. The zero-order valence-electron chi connectivity index (χ0n) is 12.9. The van der Waals surface area contributed by atoms with Gasteiger partial charge in [0, 0.05) is 30.1 Å². The van der Waals surface area contributed by atoms with Gasteiger partial charge in [0.25, 0.3) is 0 Å². The first kappa shape index (κ1) is 14.8. The van der Waals surface area contributed by atoms with Crippen LogP contribution in [0.25, 0.3) is 0 Å². The molecule has 4 heteroatoms. The number of nitrogens with zero attached hydrogens (tertiary/aromatic N) is 2. The Morgan fingerprint density at radius 1 is 1.37 bits per heavy atom. The summed E-state index contributed by atoms with van der Waals surface area (Å²) in [5.74, 6) is 0.506. The van der Waals surface area contributed by atoms with E-state index in [1.807, 2.05) is 11.3 Å². The van der Waals surface area contributed by atoms with Crippen molar-refractivity contribution in [2.75, 3.05) is 11.4 Å². The Hall–Kier alpha value is -0.610. The Bertz CT molecular complexity index is 412. The van der Waals surface area contributed by atoms with E-state index >= 15 is 0 Å². The zero-order chi connectivity index (χ0) is 14.0. The fourth-order valence-electron chi connectivity index (χ4n) is 2.57. The molecule has 1 aliphatic rings. The van der Waals surface area contributed by atoms with Crippen LogP contribution in [0.2, 0.25) is 0 Å². The Balaban J connectivity index is 2.19. The molecular weight excluding hydrogens is 254 g/mol. The highest BCUT2D eigenvalue weighted by Crippen LogP contribution is 2.34. The van der Waals surface area contributed by atoms with E-state index in [1.54, 1.807) is 0 Å². The highest BCUT2D eigenvalue weighted by molar-refractivity contribution is 7.15. The molecule has 0 aliphatic carbocycles. The first-order chi connectivity index (χ1) is 8.99. The van der Waals surface area contributed by atoms with Gasteiger partial charge >= 0.3 is 0 Å². The number of thiazole rings is 1. The monoisotopic (exact) mass is 281 g/mol. The van der Waals surface area contributed by atoms with E-state index in [4.69, 9.17) is 4.98 Å². The summed E-state index contributed by atoms with van der Waals surface area (Å²) in [7, 11) is 0. The van der Waals surface area contributed by atoms with Gasteiger partial charge in [0.1, 0.15) is 0 Å². The molecular formula is C15H27N3S. The quantitative estimate of drug-likeness (QED) is 0.891. The maximum atomic E-state index is 4.92. The number of hydrogen-bond donors (Lipinski definition) is 1. The van der Waals surface area contributed by atoms with Crippen molar-refractivity contribution in [2.45, 2.75) is 72.0 Å². The first-order valence-corrected chi connectivity index (χ1v) is 8.30. The Morgan fingerprint density at radius 2 is 2.11 bits per heavy atom. The number of anilines is 1. The molecule has 3 nitrogen and oxygen atoms in total. The van der Waals surface area contributed by atoms with Gasteiger partial charge in [-0.2, -0.15) is 0 Å². The molecule has 0 bridgehead atoms. The number of nitrogens with one attached hydrogen (secondary N) is 1. The summed E-state index contributed by atoms with van der Waals surface area (Å²) >= 11 is 1.88. The summed E-state index contributed by atoms with van der Waals surface area (Å²) in [5, 5.41) is 4.75. The topological polar surface area (TPSA) is 28.2 Å². The van der Waals surface area contributed by atoms with Crippen molar-refractivity contribution in [2.24, 2.45) is 0 Å². The molecule has 0 aromatic carbocycles. The summed E-state index contributed by atoms with van der Waals surface area (Å²) in [4.78, 5) is 8.82. The van der Waals surface area contributed by atoms with Crippen molar-refractivity contribution >= 4 is 16.5 Å². The second-order valence-electron chi connectivity index (χ2n) is 6.18. The molecule has 1 fully saturated rings. The molecule has 0 radical (unpaired) electrons. The van der Waals surface area contributed by atoms with Crippen LogP contribution in [0.4, 0.5) is 5.13 Å². The van der Waals surface area contributed by atoms with Crippen molar-refractivity contribution in [3.8, 4) is 0 Å². The van der Waals surface area contributed by atoms with Crippen molar-refractivity contribution in [3.63, 3.8) is 0 Å². The largest absolute Gasteiger partial charge is 0.345 e. The van der Waals surface area contributed by atoms with Crippen molar-refractivity contribution in [3.05, 3.63) is 10.6 Å². The maximum absolute atomic E-state index is 4.92. The predicted molar refractivity (Wildman–Crippen MR) is 84.2 cm³/mol. The van der Waals surface area contributed by atoms with E-state index in [-0.39, 0.29) is 0 Å². The number of rotatable bonds is 5. The predicted octanol–water partition coefficient (Wildman–Crippen LogP) is 3.75. The molecule has 1 unspecified atom stereocenters. The van der Waals surface area contributed by atoms with Gasteiger partial charge in [0.15, 0.2) is 5.13 Å². The van der Waals surface area contributed by atoms with E-state index < -0.39 is 0 Å². The fourth-order valence-corrected chi connectivity index (χ4v) is 3.86. The van der Waals surface area contributed by atoms with Crippen molar-refractivity contribution < 1.29 is 0 Å². The summed E-state index contributed by atoms with van der Waals surface area (Å²) < 4.78 is 0. The standard InChI is InChI=1S/C15H27N3S/c1-10(2)14-13(9-16-11(3)4)19-15(17-14)18-8-6-7-12(18)5/h10-12,16H,6-9H2,1-5H3. The molecule has 1 atom stereocenters. The summed E-state index contributed by atoms with van der Waals surface area (Å²) in [6.45, 7) is 13.3. The van der Waals surface area contributed by atoms with Crippen LogP contribution in [0.5, 0.6) is 0 Å². The maximum Gasteiger partial charge on any atom is 0.186 e. The average molecular weight is 281 g/mol.